The molecule has 0 aliphatic carbocycles. The smallest absolute Gasteiger partial charge is 0.326 e. The molecular formula is C29H32N2O7S. The van der Waals surface area contributed by atoms with Crippen molar-refractivity contribution in [3.8, 4) is 11.5 Å². The van der Waals surface area contributed by atoms with Gasteiger partial charge >= 0.3 is 5.97 Å². The number of carbonyl (C=O) groups is 4. The van der Waals surface area contributed by atoms with Gasteiger partial charge < -0.3 is 19.1 Å². The Hall–Kier alpha value is -3.79. The molecule has 2 saturated heterocycles. The zero-order chi connectivity index (χ0) is 27.9. The van der Waals surface area contributed by atoms with E-state index in [0.717, 1.165) is 48.2 Å². The molecule has 2 aromatic carbocycles. The number of carbonyl (C=O) groups excluding carboxylic acids is 4. The van der Waals surface area contributed by atoms with Gasteiger partial charge in [-0.15, -0.1) is 0 Å². The average molecular weight is 553 g/mol. The van der Waals surface area contributed by atoms with E-state index >= 15 is 0 Å². The first-order valence-electron chi connectivity index (χ1n) is 12.9. The minimum atomic E-state index is -0.639. The van der Waals surface area contributed by atoms with Gasteiger partial charge in [0, 0.05) is 18.7 Å². The van der Waals surface area contributed by atoms with Crippen molar-refractivity contribution < 1.29 is 33.4 Å². The summed E-state index contributed by atoms with van der Waals surface area (Å²) in [5, 5.41) is -0.525. The number of imide groups is 1. The van der Waals surface area contributed by atoms with Gasteiger partial charge in [0.05, 0.1) is 18.1 Å². The van der Waals surface area contributed by atoms with Crippen LogP contribution in [0.2, 0.25) is 0 Å². The highest BCUT2D eigenvalue weighted by Gasteiger charge is 2.36. The van der Waals surface area contributed by atoms with Crippen LogP contribution in [0.25, 0.3) is 6.08 Å². The summed E-state index contributed by atoms with van der Waals surface area (Å²) in [5.74, 6) is -0.159. The Labute approximate surface area is 232 Å². The SMILES string of the molecule is COc1cc(/C=C2/SC(=O)N(CC(=O)OC(C)C)C2=O)ccc1OCc1ccc(C(=O)N2CCCCC2)cc1. The molecule has 2 aliphatic rings. The van der Waals surface area contributed by atoms with E-state index in [1.165, 1.54) is 13.5 Å². The molecule has 2 aromatic rings. The molecule has 206 valence electrons. The van der Waals surface area contributed by atoms with Crippen molar-refractivity contribution in [2.45, 2.75) is 45.8 Å². The van der Waals surface area contributed by atoms with Crippen LogP contribution in [0.5, 0.6) is 11.5 Å². The lowest BCUT2D eigenvalue weighted by Crippen LogP contribution is -2.35. The Morgan fingerprint density at radius 2 is 1.72 bits per heavy atom. The number of esters is 1. The number of nitrogens with zero attached hydrogens (tertiary/aromatic N) is 2. The minimum absolute atomic E-state index is 0.0627. The lowest BCUT2D eigenvalue weighted by atomic mass is 10.1. The minimum Gasteiger partial charge on any atom is -0.493 e. The number of hydrogen-bond acceptors (Lipinski definition) is 8. The molecule has 2 aliphatic heterocycles. The second-order valence-corrected chi connectivity index (χ2v) is 10.5. The molecule has 0 saturated carbocycles. The van der Waals surface area contributed by atoms with E-state index in [4.69, 9.17) is 14.2 Å². The van der Waals surface area contributed by atoms with Gasteiger partial charge in [-0.3, -0.25) is 24.1 Å². The van der Waals surface area contributed by atoms with Crippen molar-refractivity contribution >= 4 is 40.9 Å². The average Bonchev–Trinajstić information content (AvgIpc) is 3.19. The van der Waals surface area contributed by atoms with Crippen LogP contribution in [0.15, 0.2) is 47.4 Å². The monoisotopic (exact) mass is 552 g/mol. The molecule has 9 nitrogen and oxygen atoms in total. The van der Waals surface area contributed by atoms with Gasteiger partial charge in [0.25, 0.3) is 17.1 Å². The highest BCUT2D eigenvalue weighted by molar-refractivity contribution is 8.18. The van der Waals surface area contributed by atoms with Crippen LogP contribution >= 0.6 is 11.8 Å². The third-order valence-electron chi connectivity index (χ3n) is 6.25. The van der Waals surface area contributed by atoms with Crippen molar-refractivity contribution in [3.63, 3.8) is 0 Å². The summed E-state index contributed by atoms with van der Waals surface area (Å²) in [5.41, 5.74) is 2.21. The van der Waals surface area contributed by atoms with Crippen molar-refractivity contribution in [1.29, 1.82) is 0 Å². The van der Waals surface area contributed by atoms with Crippen molar-refractivity contribution in [2.24, 2.45) is 0 Å². The van der Waals surface area contributed by atoms with E-state index in [-0.39, 0.29) is 23.5 Å². The Morgan fingerprint density at radius 3 is 2.38 bits per heavy atom. The van der Waals surface area contributed by atoms with Gasteiger partial charge in [-0.05, 0) is 86.3 Å². The number of amides is 3. The third-order valence-corrected chi connectivity index (χ3v) is 7.16. The Balaban J connectivity index is 1.38. The summed E-state index contributed by atoms with van der Waals surface area (Å²) in [6.07, 6.45) is 4.51. The number of hydrogen-bond donors (Lipinski definition) is 0. The van der Waals surface area contributed by atoms with Gasteiger partial charge in [-0.2, -0.15) is 0 Å². The lowest BCUT2D eigenvalue weighted by Gasteiger charge is -2.26. The molecular weight excluding hydrogens is 520 g/mol. The maximum atomic E-state index is 12.7. The van der Waals surface area contributed by atoms with E-state index in [1.54, 1.807) is 38.1 Å². The summed E-state index contributed by atoms with van der Waals surface area (Å²) in [4.78, 5) is 52.6. The topological polar surface area (TPSA) is 102 Å². The molecule has 4 rings (SSSR count). The summed E-state index contributed by atoms with van der Waals surface area (Å²) in [7, 11) is 1.52. The molecule has 0 N–H and O–H groups in total. The highest BCUT2D eigenvalue weighted by atomic mass is 32.2. The van der Waals surface area contributed by atoms with Crippen LogP contribution in [-0.2, 0) is 20.9 Å². The molecule has 0 bridgehead atoms. The van der Waals surface area contributed by atoms with Crippen LogP contribution in [0.4, 0.5) is 4.79 Å². The van der Waals surface area contributed by atoms with Gasteiger partial charge in [0.1, 0.15) is 13.2 Å². The first-order valence-corrected chi connectivity index (χ1v) is 13.7. The zero-order valence-electron chi connectivity index (χ0n) is 22.3. The molecule has 3 amide bonds. The fourth-order valence-corrected chi connectivity index (χ4v) is 5.13. The summed E-state index contributed by atoms with van der Waals surface area (Å²) >= 11 is 0.766. The van der Waals surface area contributed by atoms with Gasteiger partial charge in [-0.1, -0.05) is 18.2 Å². The normalized spacial score (nSPS) is 16.7. The maximum Gasteiger partial charge on any atom is 0.326 e. The van der Waals surface area contributed by atoms with Crippen molar-refractivity contribution in [2.75, 3.05) is 26.7 Å². The summed E-state index contributed by atoms with van der Waals surface area (Å²) in [6, 6.07) is 12.6. The van der Waals surface area contributed by atoms with Crippen LogP contribution in [0.3, 0.4) is 0 Å². The zero-order valence-corrected chi connectivity index (χ0v) is 23.1. The predicted molar refractivity (Wildman–Crippen MR) is 147 cm³/mol. The Kier molecular flexibility index (Phi) is 9.29. The van der Waals surface area contributed by atoms with Gasteiger partial charge in [0.15, 0.2) is 11.5 Å². The largest absolute Gasteiger partial charge is 0.493 e. The number of methoxy groups -OCH3 is 1. The number of ether oxygens (including phenoxy) is 3. The van der Waals surface area contributed by atoms with E-state index in [2.05, 4.69) is 0 Å². The summed E-state index contributed by atoms with van der Waals surface area (Å²) in [6.45, 7) is 4.86. The number of piperidine rings is 1. The molecule has 2 fully saturated rings. The maximum absolute atomic E-state index is 12.7. The quantitative estimate of drug-likeness (QED) is 0.320. The van der Waals surface area contributed by atoms with Crippen LogP contribution < -0.4 is 9.47 Å². The number of likely N-dealkylation sites (tertiary alicyclic amines) is 1. The molecule has 2 heterocycles. The van der Waals surface area contributed by atoms with Crippen molar-refractivity contribution in [1.82, 2.24) is 9.80 Å². The van der Waals surface area contributed by atoms with E-state index in [9.17, 15) is 19.2 Å². The Bertz CT molecular complexity index is 1270. The van der Waals surface area contributed by atoms with Gasteiger partial charge in [-0.25, -0.2) is 0 Å². The van der Waals surface area contributed by atoms with Crippen LogP contribution in [0.1, 0.15) is 54.6 Å². The second kappa shape index (κ2) is 12.8. The molecule has 0 unspecified atom stereocenters. The number of rotatable bonds is 9. The summed E-state index contributed by atoms with van der Waals surface area (Å²) < 4.78 is 16.5. The predicted octanol–water partition coefficient (Wildman–Crippen LogP) is 4.89. The highest BCUT2D eigenvalue weighted by Crippen LogP contribution is 2.35. The van der Waals surface area contributed by atoms with Crippen LogP contribution in [0, 0.1) is 0 Å². The van der Waals surface area contributed by atoms with Crippen LogP contribution in [-0.4, -0.2) is 65.7 Å². The van der Waals surface area contributed by atoms with E-state index < -0.39 is 23.7 Å². The molecule has 0 atom stereocenters. The third kappa shape index (κ3) is 7.20. The number of thioether (sulfide) groups is 1. The number of benzene rings is 2. The molecule has 39 heavy (non-hydrogen) atoms. The molecule has 0 spiro atoms. The van der Waals surface area contributed by atoms with Crippen molar-refractivity contribution in [3.05, 3.63) is 64.1 Å². The first kappa shape index (κ1) is 28.2. The van der Waals surface area contributed by atoms with E-state index in [1.807, 2.05) is 29.2 Å². The standard InChI is InChI=1S/C29H32N2O7S/c1-19(2)38-26(32)17-31-28(34)25(39-29(31)35)16-21-9-12-23(24(15-21)36-3)37-18-20-7-10-22(11-8-20)27(33)30-13-5-4-6-14-30/h7-12,15-16,19H,4-6,13-14,17-18H2,1-3H3/b25-16+. The first-order chi connectivity index (χ1) is 18.7. The Morgan fingerprint density at radius 1 is 1.00 bits per heavy atom. The fourth-order valence-electron chi connectivity index (χ4n) is 4.29. The molecule has 10 heteroatoms. The molecule has 0 radical (unpaired) electrons. The van der Waals surface area contributed by atoms with E-state index in [0.29, 0.717) is 22.6 Å². The molecule has 0 aromatic heterocycles. The van der Waals surface area contributed by atoms with Gasteiger partial charge in [0.2, 0.25) is 0 Å². The second-order valence-electron chi connectivity index (χ2n) is 9.56. The lowest BCUT2D eigenvalue weighted by molar-refractivity contribution is -0.149. The fraction of sp³-hybridized carbons (Fsp3) is 0.379.